The molecule has 15 heavy (non-hydrogen) atoms. The van der Waals surface area contributed by atoms with Gasteiger partial charge in [-0.25, -0.2) is 4.72 Å². The van der Waals surface area contributed by atoms with E-state index in [0.717, 1.165) is 4.31 Å². The Balaban J connectivity index is 2.69. The topological polar surface area (TPSA) is 49.4 Å². The van der Waals surface area contributed by atoms with Gasteiger partial charge < -0.3 is 12.9 Å². The van der Waals surface area contributed by atoms with Gasteiger partial charge in [-0.3, -0.25) is 0 Å². The fraction of sp³-hybridized carbons (Fsp3) is 0.667. The lowest BCUT2D eigenvalue weighted by molar-refractivity contribution is 0.389. The molecule has 0 aromatic rings. The second-order valence-corrected chi connectivity index (χ2v) is 5.07. The lowest BCUT2D eigenvalue weighted by Crippen LogP contribution is -2.48. The fourth-order valence-electron chi connectivity index (χ4n) is 1.16. The highest BCUT2D eigenvalue weighted by Crippen LogP contribution is 2.20. The summed E-state index contributed by atoms with van der Waals surface area (Å²) < 4.78 is 62.0. The monoisotopic (exact) mass is 243 g/mol. The number of nitrogens with zero attached hydrogens (tertiary/aromatic N) is 1. The summed E-state index contributed by atoms with van der Waals surface area (Å²) in [6.07, 6.45) is 0.497. The average Bonchev–Trinajstić information content (AvgIpc) is 2.06. The minimum Gasteiger partial charge on any atom is -0.445 e. The van der Waals surface area contributed by atoms with Gasteiger partial charge in [-0.2, -0.15) is 12.7 Å². The Labute approximate surface area is 86.4 Å². The van der Waals surface area contributed by atoms with Crippen molar-refractivity contribution in [3.05, 3.63) is 12.1 Å². The third-order valence-corrected chi connectivity index (χ3v) is 3.61. The largest absolute Gasteiger partial charge is 0.506 e. The second kappa shape index (κ2) is 4.15. The fourth-order valence-corrected chi connectivity index (χ4v) is 2.45. The molecule has 0 aromatic carbocycles. The highest BCUT2D eigenvalue weighted by molar-refractivity contribution is 7.87. The molecule has 1 aliphatic heterocycles. The van der Waals surface area contributed by atoms with Gasteiger partial charge in [0.25, 0.3) is 10.2 Å². The van der Waals surface area contributed by atoms with Gasteiger partial charge in [-0.1, -0.05) is 0 Å². The van der Waals surface area contributed by atoms with Crippen LogP contribution in [0.1, 0.15) is 6.42 Å². The lowest BCUT2D eigenvalue weighted by Gasteiger charge is -2.30. The van der Waals surface area contributed by atoms with E-state index < -0.39 is 29.2 Å². The minimum absolute atomic E-state index is 0.0977. The van der Waals surface area contributed by atoms with Crippen molar-refractivity contribution in [3.63, 3.8) is 0 Å². The summed E-state index contributed by atoms with van der Waals surface area (Å²) in [4.78, 5) is 0. The Morgan fingerprint density at radius 3 is 2.53 bits per heavy atom. The third-order valence-electron chi connectivity index (χ3n) is 2.05. The molecule has 0 amide bonds. The van der Waals surface area contributed by atoms with Crippen molar-refractivity contribution in [1.82, 2.24) is 9.03 Å². The third kappa shape index (κ3) is 3.21. The molecule has 0 aromatic heterocycles. The Morgan fingerprint density at radius 1 is 1.47 bits per heavy atom. The minimum atomic E-state index is -5.17. The highest BCUT2D eigenvalue weighted by atomic mass is 32.2. The van der Waals surface area contributed by atoms with Crippen LogP contribution < -0.4 is 4.72 Å². The van der Waals surface area contributed by atoms with Crippen LogP contribution in [0, 0.1) is 0 Å². The van der Waals surface area contributed by atoms with Crippen LogP contribution in [0.3, 0.4) is 0 Å². The molecule has 1 fully saturated rings. The van der Waals surface area contributed by atoms with Crippen molar-refractivity contribution in [2.24, 2.45) is 0 Å². The van der Waals surface area contributed by atoms with Crippen molar-refractivity contribution < 1.29 is 21.4 Å². The van der Waals surface area contributed by atoms with Crippen LogP contribution in [0.15, 0.2) is 12.1 Å². The smallest absolute Gasteiger partial charge is 0.445 e. The van der Waals surface area contributed by atoms with Gasteiger partial charge in [0.1, 0.15) is 0 Å². The maximum atomic E-state index is 12.2. The Morgan fingerprint density at radius 2 is 2.07 bits per heavy atom. The maximum absolute atomic E-state index is 12.2. The van der Waals surface area contributed by atoms with E-state index >= 15 is 0 Å². The van der Waals surface area contributed by atoms with E-state index in [1.807, 2.05) is 0 Å². The van der Waals surface area contributed by atoms with Gasteiger partial charge in [-0.05, 0) is 6.42 Å². The number of hydrogen-bond donors (Lipinski definition) is 1. The van der Waals surface area contributed by atoms with E-state index in [9.17, 15) is 21.4 Å². The van der Waals surface area contributed by atoms with Gasteiger partial charge in [0, 0.05) is 19.6 Å². The first-order chi connectivity index (χ1) is 6.73. The summed E-state index contributed by atoms with van der Waals surface area (Å²) in [6, 6.07) is 0. The van der Waals surface area contributed by atoms with Gasteiger partial charge in [0.15, 0.2) is 0 Å². The van der Waals surface area contributed by atoms with Crippen molar-refractivity contribution in [3.8, 4) is 0 Å². The van der Waals surface area contributed by atoms with Crippen LogP contribution in [0.25, 0.3) is 0 Å². The SMILES string of the molecule is C=C(CN1CCCNS1(=O)=O)[B-](F)(F)F. The quantitative estimate of drug-likeness (QED) is 0.732. The molecule has 0 radical (unpaired) electrons. The van der Waals surface area contributed by atoms with E-state index in [-0.39, 0.29) is 13.1 Å². The summed E-state index contributed by atoms with van der Waals surface area (Å²) in [7, 11) is -3.75. The zero-order valence-corrected chi connectivity index (χ0v) is 8.74. The molecular weight excluding hydrogens is 232 g/mol. The maximum Gasteiger partial charge on any atom is 0.506 e. The zero-order valence-electron chi connectivity index (χ0n) is 7.92. The molecule has 1 heterocycles. The average molecular weight is 243 g/mol. The Bertz CT molecular complexity index is 354. The van der Waals surface area contributed by atoms with E-state index in [1.54, 1.807) is 0 Å². The Hall–Kier alpha value is -0.535. The van der Waals surface area contributed by atoms with Crippen LogP contribution in [-0.4, -0.2) is 39.3 Å². The van der Waals surface area contributed by atoms with Gasteiger partial charge in [-0.15, -0.1) is 12.1 Å². The van der Waals surface area contributed by atoms with E-state index in [0.29, 0.717) is 6.42 Å². The van der Waals surface area contributed by atoms with Crippen LogP contribution in [-0.2, 0) is 10.2 Å². The van der Waals surface area contributed by atoms with Gasteiger partial charge >= 0.3 is 6.98 Å². The molecule has 0 spiro atoms. The number of halogens is 3. The molecule has 0 unspecified atom stereocenters. The zero-order chi connectivity index (χ0) is 11.7. The molecule has 88 valence electrons. The molecule has 0 saturated carbocycles. The predicted octanol–water partition coefficient (Wildman–Crippen LogP) is 0.469. The molecule has 0 bridgehead atoms. The van der Waals surface area contributed by atoms with Gasteiger partial charge in [0.05, 0.1) is 0 Å². The highest BCUT2D eigenvalue weighted by Gasteiger charge is 2.32. The summed E-state index contributed by atoms with van der Waals surface area (Å²) >= 11 is 0. The molecule has 0 aliphatic carbocycles. The molecule has 9 heteroatoms. The molecular formula is C6H11BF3N2O2S-. The first-order valence-electron chi connectivity index (χ1n) is 4.36. The normalized spacial score (nSPS) is 22.6. The molecule has 0 atom stereocenters. The van der Waals surface area contributed by atoms with E-state index in [4.69, 9.17) is 0 Å². The van der Waals surface area contributed by atoms with E-state index in [1.165, 1.54) is 0 Å². The van der Waals surface area contributed by atoms with Crippen LogP contribution >= 0.6 is 0 Å². The number of rotatable bonds is 3. The first-order valence-corrected chi connectivity index (χ1v) is 5.80. The van der Waals surface area contributed by atoms with Crippen LogP contribution in [0.4, 0.5) is 12.9 Å². The molecule has 1 saturated heterocycles. The molecule has 1 rings (SSSR count). The van der Waals surface area contributed by atoms with Crippen LogP contribution in [0.2, 0.25) is 0 Å². The Kier molecular flexibility index (Phi) is 3.46. The molecule has 1 N–H and O–H groups in total. The van der Waals surface area contributed by atoms with Crippen molar-refractivity contribution in [2.45, 2.75) is 6.42 Å². The molecule has 1 aliphatic rings. The van der Waals surface area contributed by atoms with Crippen molar-refractivity contribution >= 4 is 17.2 Å². The van der Waals surface area contributed by atoms with Crippen molar-refractivity contribution in [1.29, 1.82) is 0 Å². The predicted molar refractivity (Wildman–Crippen MR) is 51.3 cm³/mol. The summed E-state index contributed by atoms with van der Waals surface area (Å²) in [5.41, 5.74) is -0.998. The number of nitrogens with one attached hydrogen (secondary N) is 1. The standard InChI is InChI=1S/C6H11BF3N2O2S/c1-6(7(8,9)10)5-12-4-2-3-11-15(12,13)14/h11H,1-5H2/q-1. The van der Waals surface area contributed by atoms with Gasteiger partial charge in [0.2, 0.25) is 0 Å². The summed E-state index contributed by atoms with van der Waals surface area (Å²) in [6.45, 7) is -2.64. The van der Waals surface area contributed by atoms with E-state index in [2.05, 4.69) is 11.3 Å². The molecule has 4 nitrogen and oxygen atoms in total. The summed E-state index contributed by atoms with van der Waals surface area (Å²) in [5.74, 6) is 0. The second-order valence-electron chi connectivity index (χ2n) is 3.32. The van der Waals surface area contributed by atoms with Crippen LogP contribution in [0.5, 0.6) is 0 Å². The van der Waals surface area contributed by atoms with Crippen molar-refractivity contribution in [2.75, 3.05) is 19.6 Å². The lowest BCUT2D eigenvalue weighted by atomic mass is 9.80. The number of hydrogen-bond acceptors (Lipinski definition) is 2. The summed E-state index contributed by atoms with van der Waals surface area (Å²) in [5, 5.41) is 0. The first kappa shape index (κ1) is 12.5.